The molecule has 2 aliphatic heterocycles. The van der Waals surface area contributed by atoms with Crippen LogP contribution in [0.15, 0.2) is 6.20 Å². The molecule has 0 bridgehead atoms. The molecular formula is C17H26N4O3. The molecule has 1 aromatic heterocycles. The van der Waals surface area contributed by atoms with Crippen molar-refractivity contribution >= 4 is 11.9 Å². The van der Waals surface area contributed by atoms with Gasteiger partial charge in [-0.25, -0.2) is 0 Å². The molecular weight excluding hydrogens is 308 g/mol. The van der Waals surface area contributed by atoms with Crippen molar-refractivity contribution in [3.05, 3.63) is 17.5 Å². The molecule has 7 heteroatoms. The summed E-state index contributed by atoms with van der Waals surface area (Å²) in [5.74, 6) is -1.47. The molecule has 3 heterocycles. The van der Waals surface area contributed by atoms with Crippen molar-refractivity contribution in [3.63, 3.8) is 0 Å². The summed E-state index contributed by atoms with van der Waals surface area (Å²) in [6, 6.07) is 0. The van der Waals surface area contributed by atoms with Gasteiger partial charge in [-0.05, 0) is 26.7 Å². The Hall–Kier alpha value is -1.89. The van der Waals surface area contributed by atoms with Gasteiger partial charge in [0.2, 0.25) is 5.91 Å². The van der Waals surface area contributed by atoms with Gasteiger partial charge in [0.1, 0.15) is 0 Å². The second-order valence-corrected chi connectivity index (χ2v) is 7.02. The third-order valence-corrected chi connectivity index (χ3v) is 5.86. The molecule has 0 aliphatic carbocycles. The number of aryl methyl sites for hydroxylation is 2. The van der Waals surface area contributed by atoms with Gasteiger partial charge in [0, 0.05) is 51.4 Å². The average molecular weight is 334 g/mol. The molecule has 0 aromatic carbocycles. The van der Waals surface area contributed by atoms with E-state index < -0.39 is 17.4 Å². The Morgan fingerprint density at radius 1 is 1.42 bits per heavy atom. The Kier molecular flexibility index (Phi) is 4.38. The number of piperidine rings is 1. The van der Waals surface area contributed by atoms with Crippen LogP contribution in [-0.4, -0.2) is 62.2 Å². The Morgan fingerprint density at radius 2 is 2.08 bits per heavy atom. The van der Waals surface area contributed by atoms with Crippen LogP contribution in [0.3, 0.4) is 0 Å². The van der Waals surface area contributed by atoms with Crippen LogP contribution in [0.2, 0.25) is 0 Å². The number of amides is 1. The van der Waals surface area contributed by atoms with Crippen LogP contribution in [0.4, 0.5) is 0 Å². The molecule has 1 atom stereocenters. The Labute approximate surface area is 142 Å². The van der Waals surface area contributed by atoms with Crippen molar-refractivity contribution in [1.82, 2.24) is 19.6 Å². The fourth-order valence-electron chi connectivity index (χ4n) is 4.20. The van der Waals surface area contributed by atoms with Crippen LogP contribution in [0.1, 0.15) is 37.4 Å². The Bertz CT molecular complexity index is 646. The van der Waals surface area contributed by atoms with E-state index in [1.807, 2.05) is 11.6 Å². The van der Waals surface area contributed by atoms with E-state index in [2.05, 4.69) is 23.1 Å². The molecule has 2 saturated heterocycles. The van der Waals surface area contributed by atoms with E-state index in [-0.39, 0.29) is 12.3 Å². The number of hydrogen-bond donors (Lipinski definition) is 1. The molecule has 0 saturated carbocycles. The van der Waals surface area contributed by atoms with Gasteiger partial charge in [-0.15, -0.1) is 0 Å². The smallest absolute Gasteiger partial charge is 0.309 e. The molecule has 132 valence electrons. The fraction of sp³-hybridized carbons (Fsp3) is 0.706. The van der Waals surface area contributed by atoms with Crippen molar-refractivity contribution in [1.29, 1.82) is 0 Å². The number of aliphatic carboxylic acids is 1. The van der Waals surface area contributed by atoms with Gasteiger partial charge < -0.3 is 10.0 Å². The molecule has 1 N–H and O–H groups in total. The van der Waals surface area contributed by atoms with E-state index in [4.69, 9.17) is 0 Å². The third kappa shape index (κ3) is 2.70. The predicted octanol–water partition coefficient (Wildman–Crippen LogP) is 1.11. The first-order chi connectivity index (χ1) is 11.4. The van der Waals surface area contributed by atoms with Crippen molar-refractivity contribution in [2.75, 3.05) is 20.1 Å². The van der Waals surface area contributed by atoms with E-state index in [0.29, 0.717) is 12.8 Å². The molecule has 1 spiro atoms. The number of likely N-dealkylation sites (tertiary alicyclic amines) is 2. The second kappa shape index (κ2) is 6.20. The Balaban J connectivity index is 1.69. The SMILES string of the molecule is CCn1cc(CN2CCC3(CC2)[C@@H](C(=O)O)CC(=O)N3C)c(C)n1. The third-order valence-electron chi connectivity index (χ3n) is 5.86. The minimum absolute atomic E-state index is 0.0454. The van der Waals surface area contributed by atoms with Gasteiger partial charge in [0.25, 0.3) is 0 Å². The Morgan fingerprint density at radius 3 is 2.62 bits per heavy atom. The van der Waals surface area contributed by atoms with Crippen molar-refractivity contribution < 1.29 is 14.7 Å². The maximum atomic E-state index is 12.1. The molecule has 7 nitrogen and oxygen atoms in total. The summed E-state index contributed by atoms with van der Waals surface area (Å²) in [4.78, 5) is 27.7. The maximum Gasteiger partial charge on any atom is 0.309 e. The van der Waals surface area contributed by atoms with Crippen molar-refractivity contribution in [3.8, 4) is 0 Å². The fourth-order valence-corrected chi connectivity index (χ4v) is 4.20. The van der Waals surface area contributed by atoms with Crippen LogP contribution in [0.25, 0.3) is 0 Å². The zero-order chi connectivity index (χ0) is 17.5. The molecule has 3 rings (SSSR count). The monoisotopic (exact) mass is 334 g/mol. The topological polar surface area (TPSA) is 78.7 Å². The minimum atomic E-state index is -0.846. The molecule has 0 radical (unpaired) electrons. The summed E-state index contributed by atoms with van der Waals surface area (Å²) < 4.78 is 1.94. The molecule has 1 amide bonds. The number of nitrogens with zero attached hydrogens (tertiary/aromatic N) is 4. The summed E-state index contributed by atoms with van der Waals surface area (Å²) in [5, 5.41) is 14.0. The lowest BCUT2D eigenvalue weighted by Crippen LogP contribution is -2.55. The number of rotatable bonds is 4. The highest BCUT2D eigenvalue weighted by Gasteiger charge is 2.55. The normalized spacial score (nSPS) is 24.0. The van der Waals surface area contributed by atoms with E-state index >= 15 is 0 Å². The van der Waals surface area contributed by atoms with E-state index in [9.17, 15) is 14.7 Å². The second-order valence-electron chi connectivity index (χ2n) is 7.02. The molecule has 1 aromatic rings. The molecule has 24 heavy (non-hydrogen) atoms. The highest BCUT2D eigenvalue weighted by Crippen LogP contribution is 2.43. The molecule has 0 unspecified atom stereocenters. The highest BCUT2D eigenvalue weighted by atomic mass is 16.4. The summed E-state index contributed by atoms with van der Waals surface area (Å²) in [7, 11) is 1.76. The summed E-state index contributed by atoms with van der Waals surface area (Å²) >= 11 is 0. The lowest BCUT2D eigenvalue weighted by Gasteiger charge is -2.45. The number of carbonyl (C=O) groups excluding carboxylic acids is 1. The van der Waals surface area contributed by atoms with E-state index in [1.165, 1.54) is 5.56 Å². The minimum Gasteiger partial charge on any atom is -0.481 e. The zero-order valence-corrected chi connectivity index (χ0v) is 14.7. The van der Waals surface area contributed by atoms with Crippen molar-refractivity contribution in [2.24, 2.45) is 5.92 Å². The number of carbonyl (C=O) groups is 2. The van der Waals surface area contributed by atoms with Gasteiger partial charge in [-0.3, -0.25) is 19.2 Å². The quantitative estimate of drug-likeness (QED) is 0.892. The number of hydrogen-bond acceptors (Lipinski definition) is 4. The lowest BCUT2D eigenvalue weighted by molar-refractivity contribution is -0.146. The number of carboxylic acids is 1. The van der Waals surface area contributed by atoms with Gasteiger partial charge in [-0.1, -0.05) is 0 Å². The van der Waals surface area contributed by atoms with Gasteiger partial charge >= 0.3 is 5.97 Å². The van der Waals surface area contributed by atoms with Gasteiger partial charge in [0.15, 0.2) is 0 Å². The molecule has 2 aliphatic rings. The van der Waals surface area contributed by atoms with E-state index in [1.54, 1.807) is 11.9 Å². The highest BCUT2D eigenvalue weighted by molar-refractivity contribution is 5.88. The number of carboxylic acid groups (broad SMARTS) is 1. The van der Waals surface area contributed by atoms with Crippen LogP contribution in [0.5, 0.6) is 0 Å². The summed E-state index contributed by atoms with van der Waals surface area (Å²) in [6.07, 6.45) is 3.65. The van der Waals surface area contributed by atoms with E-state index in [0.717, 1.165) is 31.9 Å². The van der Waals surface area contributed by atoms with Crippen molar-refractivity contribution in [2.45, 2.75) is 51.7 Å². The largest absolute Gasteiger partial charge is 0.481 e. The first-order valence-corrected chi connectivity index (χ1v) is 8.62. The molecule has 2 fully saturated rings. The maximum absolute atomic E-state index is 12.1. The van der Waals surface area contributed by atoms with Crippen LogP contribution in [0, 0.1) is 12.8 Å². The number of aromatic nitrogens is 2. The lowest BCUT2D eigenvalue weighted by atomic mass is 9.77. The first kappa shape index (κ1) is 17.0. The zero-order valence-electron chi connectivity index (χ0n) is 14.7. The standard InChI is InChI=1S/C17H26N4O3/c1-4-21-11-13(12(2)18-21)10-20-7-5-17(6-8-20)14(16(23)24)9-15(22)19(17)3/h11,14H,4-10H2,1-3H3,(H,23,24)/t14-/m1/s1. The summed E-state index contributed by atoms with van der Waals surface area (Å²) in [6.45, 7) is 7.39. The first-order valence-electron chi connectivity index (χ1n) is 8.62. The van der Waals surface area contributed by atoms with Gasteiger partial charge in [-0.2, -0.15) is 5.10 Å². The van der Waals surface area contributed by atoms with Gasteiger partial charge in [0.05, 0.1) is 17.2 Å². The van der Waals surface area contributed by atoms with Crippen LogP contribution >= 0.6 is 0 Å². The average Bonchev–Trinajstić information content (AvgIpc) is 3.03. The predicted molar refractivity (Wildman–Crippen MR) is 88.4 cm³/mol. The summed E-state index contributed by atoms with van der Waals surface area (Å²) in [5.41, 5.74) is 1.76. The van der Waals surface area contributed by atoms with Crippen LogP contribution in [-0.2, 0) is 22.7 Å². The van der Waals surface area contributed by atoms with Crippen LogP contribution < -0.4 is 0 Å².